The van der Waals surface area contributed by atoms with Crippen molar-refractivity contribution >= 4 is 22.5 Å². The van der Waals surface area contributed by atoms with E-state index in [1.807, 2.05) is 0 Å². The Morgan fingerprint density at radius 1 is 1.30 bits per heavy atom. The van der Waals surface area contributed by atoms with Crippen molar-refractivity contribution in [2.45, 2.75) is 26.4 Å². The molecule has 0 radical (unpaired) electrons. The monoisotopic (exact) mass is 368 g/mol. The predicted octanol–water partition coefficient (Wildman–Crippen LogP) is 2.57. The first-order valence-corrected chi connectivity index (χ1v) is 8.46. The minimum absolute atomic E-state index is 0.0316. The van der Waals surface area contributed by atoms with Crippen molar-refractivity contribution in [1.29, 1.82) is 0 Å². The van der Waals surface area contributed by atoms with Crippen LogP contribution in [0.4, 0.5) is 4.39 Å². The van der Waals surface area contributed by atoms with Crippen molar-refractivity contribution in [3.05, 3.63) is 70.2 Å². The fourth-order valence-electron chi connectivity index (χ4n) is 3.14. The molecule has 0 aliphatic carbocycles. The van der Waals surface area contributed by atoms with E-state index in [0.29, 0.717) is 22.5 Å². The molecule has 0 bridgehead atoms. The number of nitrogens with one attached hydrogen (secondary N) is 1. The summed E-state index contributed by atoms with van der Waals surface area (Å²) in [4.78, 5) is 25.3. The van der Waals surface area contributed by atoms with Crippen molar-refractivity contribution in [2.75, 3.05) is 0 Å². The van der Waals surface area contributed by atoms with Gasteiger partial charge in [-0.1, -0.05) is 18.2 Å². The van der Waals surface area contributed by atoms with Gasteiger partial charge in [-0.05, 0) is 19.9 Å². The molecule has 0 aliphatic heterocycles. The average molecular weight is 368 g/mol. The van der Waals surface area contributed by atoms with Crippen molar-refractivity contribution in [3.8, 4) is 0 Å². The highest BCUT2D eigenvalue weighted by atomic mass is 19.1. The Morgan fingerprint density at radius 3 is 2.85 bits per heavy atom. The van der Waals surface area contributed by atoms with Gasteiger partial charge in [0, 0.05) is 24.2 Å². The third-order valence-corrected chi connectivity index (χ3v) is 4.58. The molecular formula is C19H17FN4O3. The molecule has 8 heteroatoms. The summed E-state index contributed by atoms with van der Waals surface area (Å²) in [5, 5.41) is 6.94. The van der Waals surface area contributed by atoms with E-state index in [1.54, 1.807) is 54.8 Å². The number of hydrogen-bond donors (Lipinski definition) is 1. The van der Waals surface area contributed by atoms with Crippen LogP contribution in [0, 0.1) is 12.7 Å². The van der Waals surface area contributed by atoms with Gasteiger partial charge in [0.2, 0.25) is 5.91 Å². The number of halogens is 1. The van der Waals surface area contributed by atoms with Crippen molar-refractivity contribution in [3.63, 3.8) is 0 Å². The molecule has 7 nitrogen and oxygen atoms in total. The predicted molar refractivity (Wildman–Crippen MR) is 96.9 cm³/mol. The van der Waals surface area contributed by atoms with Crippen LogP contribution in [0.3, 0.4) is 0 Å². The molecule has 0 fully saturated rings. The van der Waals surface area contributed by atoms with Crippen LogP contribution in [-0.2, 0) is 11.3 Å². The molecule has 1 N–H and O–H groups in total. The number of carbonyl (C=O) groups excluding carboxylic acids is 1. The molecule has 1 aromatic carbocycles. The zero-order valence-electron chi connectivity index (χ0n) is 14.8. The summed E-state index contributed by atoms with van der Waals surface area (Å²) in [6.07, 6.45) is 1.54. The summed E-state index contributed by atoms with van der Waals surface area (Å²) in [5.41, 5.74) is 1.67. The minimum Gasteiger partial charge on any atom is -0.463 e. The zero-order valence-corrected chi connectivity index (χ0v) is 14.8. The minimum atomic E-state index is -0.853. The van der Waals surface area contributed by atoms with Crippen LogP contribution in [-0.4, -0.2) is 20.1 Å². The van der Waals surface area contributed by atoms with Gasteiger partial charge in [0.15, 0.2) is 5.58 Å². The number of carbonyl (C=O) groups is 1. The quantitative estimate of drug-likeness (QED) is 0.600. The fourth-order valence-corrected chi connectivity index (χ4v) is 3.14. The Hall–Kier alpha value is -3.42. The maximum atomic E-state index is 13.7. The van der Waals surface area contributed by atoms with E-state index in [4.69, 9.17) is 4.42 Å². The summed E-state index contributed by atoms with van der Waals surface area (Å²) in [5.74, 6) is -0.268. The van der Waals surface area contributed by atoms with Crippen molar-refractivity contribution in [1.82, 2.24) is 19.5 Å². The van der Waals surface area contributed by atoms with Gasteiger partial charge in [0.1, 0.15) is 23.2 Å². The Balaban J connectivity index is 1.65. The topological polar surface area (TPSA) is 81.5 Å². The van der Waals surface area contributed by atoms with Gasteiger partial charge in [-0.2, -0.15) is 5.10 Å². The molecule has 0 unspecified atom stereocenters. The summed E-state index contributed by atoms with van der Waals surface area (Å²) < 4.78 is 21.9. The summed E-state index contributed by atoms with van der Waals surface area (Å²) >= 11 is 0. The van der Waals surface area contributed by atoms with Crippen molar-refractivity contribution < 1.29 is 13.6 Å². The molecule has 1 atom stereocenters. The van der Waals surface area contributed by atoms with Gasteiger partial charge >= 0.3 is 0 Å². The number of aromatic nitrogens is 3. The molecule has 0 saturated carbocycles. The maximum Gasteiger partial charge on any atom is 0.291 e. The molecule has 0 saturated heterocycles. The van der Waals surface area contributed by atoms with Crippen LogP contribution < -0.4 is 10.9 Å². The van der Waals surface area contributed by atoms with Crippen LogP contribution in [0.1, 0.15) is 24.4 Å². The van der Waals surface area contributed by atoms with E-state index < -0.39 is 23.3 Å². The molecule has 0 aliphatic rings. The Labute approximate surface area is 153 Å². The Bertz CT molecular complexity index is 1220. The second-order valence-electron chi connectivity index (χ2n) is 6.32. The number of amides is 1. The third-order valence-electron chi connectivity index (χ3n) is 4.58. The van der Waals surface area contributed by atoms with E-state index in [0.717, 1.165) is 10.2 Å². The second kappa shape index (κ2) is 6.39. The standard InChI is InChI=1S/C19H17FN4O3/c1-11(18(25)21-10-13-5-3-4-6-14(13)20)24-19(26)16-9-17-15(7-8-27-17)23(16)12(2)22-24/h3-9,11H,10H2,1-2H3,(H,21,25)/t11-/m1/s1. The first-order chi connectivity index (χ1) is 13.0. The van der Waals surface area contributed by atoms with Gasteiger partial charge in [0.05, 0.1) is 11.8 Å². The van der Waals surface area contributed by atoms with Gasteiger partial charge in [-0.3, -0.25) is 14.0 Å². The van der Waals surface area contributed by atoms with E-state index in [9.17, 15) is 14.0 Å². The molecule has 0 spiro atoms. The fraction of sp³-hybridized carbons (Fsp3) is 0.211. The second-order valence-corrected chi connectivity index (χ2v) is 6.32. The lowest BCUT2D eigenvalue weighted by molar-refractivity contribution is -0.124. The highest BCUT2D eigenvalue weighted by Crippen LogP contribution is 2.20. The molecule has 27 heavy (non-hydrogen) atoms. The number of furan rings is 1. The summed E-state index contributed by atoms with van der Waals surface area (Å²) in [6, 6.07) is 8.73. The highest BCUT2D eigenvalue weighted by molar-refractivity contribution is 5.83. The van der Waals surface area contributed by atoms with Crippen LogP contribution in [0.2, 0.25) is 0 Å². The van der Waals surface area contributed by atoms with Gasteiger partial charge < -0.3 is 9.73 Å². The van der Waals surface area contributed by atoms with Crippen LogP contribution in [0.5, 0.6) is 0 Å². The van der Waals surface area contributed by atoms with Crippen LogP contribution in [0.25, 0.3) is 16.6 Å². The van der Waals surface area contributed by atoms with E-state index in [1.165, 1.54) is 6.07 Å². The number of nitrogens with zero attached hydrogens (tertiary/aromatic N) is 3. The van der Waals surface area contributed by atoms with Gasteiger partial charge in [0.25, 0.3) is 5.56 Å². The Kier molecular flexibility index (Phi) is 4.02. The summed E-state index contributed by atoms with van der Waals surface area (Å²) in [7, 11) is 0. The average Bonchev–Trinajstić information content (AvgIpc) is 3.24. The largest absolute Gasteiger partial charge is 0.463 e. The van der Waals surface area contributed by atoms with Gasteiger partial charge in [-0.15, -0.1) is 0 Å². The van der Waals surface area contributed by atoms with Crippen LogP contribution in [0.15, 0.2) is 51.9 Å². The first-order valence-electron chi connectivity index (χ1n) is 8.46. The number of rotatable bonds is 4. The molecule has 138 valence electrons. The SMILES string of the molecule is Cc1nn([C@H](C)C(=O)NCc2ccccc2F)c(=O)c2cc3occc3n12. The number of fused-ring (bicyclic) bond motifs is 3. The normalized spacial score (nSPS) is 12.6. The Morgan fingerprint density at radius 2 is 2.07 bits per heavy atom. The molecule has 1 amide bonds. The number of benzene rings is 1. The van der Waals surface area contributed by atoms with E-state index in [2.05, 4.69) is 10.4 Å². The zero-order chi connectivity index (χ0) is 19.1. The smallest absolute Gasteiger partial charge is 0.291 e. The summed E-state index contributed by atoms with van der Waals surface area (Å²) in [6.45, 7) is 3.36. The molecule has 3 aromatic heterocycles. The van der Waals surface area contributed by atoms with E-state index >= 15 is 0 Å². The lowest BCUT2D eigenvalue weighted by Gasteiger charge is -2.15. The first kappa shape index (κ1) is 17.0. The van der Waals surface area contributed by atoms with Crippen LogP contribution >= 0.6 is 0 Å². The lowest BCUT2D eigenvalue weighted by Crippen LogP contribution is -2.38. The number of aryl methyl sites for hydroxylation is 1. The molecule has 4 rings (SSSR count). The molecular weight excluding hydrogens is 351 g/mol. The maximum absolute atomic E-state index is 13.7. The lowest BCUT2D eigenvalue weighted by atomic mass is 10.2. The highest BCUT2D eigenvalue weighted by Gasteiger charge is 2.21. The molecule has 4 aromatic rings. The number of hydrogen-bond acceptors (Lipinski definition) is 4. The molecule has 3 heterocycles. The third kappa shape index (κ3) is 2.79. The van der Waals surface area contributed by atoms with Crippen molar-refractivity contribution in [2.24, 2.45) is 0 Å². The van der Waals surface area contributed by atoms with Gasteiger partial charge in [-0.25, -0.2) is 9.07 Å². The van der Waals surface area contributed by atoms with E-state index in [-0.39, 0.29) is 6.54 Å².